The standard InChI is InChI=1S/C47H32N2O/c1-4-14-31(15-5-1)33-26-28-37(29-27-33)49(36-20-8-3-9-21-36)45-40-23-11-10-22-38(40)39-24-13-25-41-42(39)43(45)44-46(41)50-47(48-44)35-19-12-18-34(30-35)32-16-6-2-7-17-32/h1-30,47-48H. The summed E-state index contributed by atoms with van der Waals surface area (Å²) in [6.07, 6.45) is -0.318. The van der Waals surface area contributed by atoms with Crippen LogP contribution in [0.15, 0.2) is 182 Å². The van der Waals surface area contributed by atoms with Gasteiger partial charge in [-0.3, -0.25) is 0 Å². The fourth-order valence-corrected chi connectivity index (χ4v) is 7.76. The topological polar surface area (TPSA) is 24.5 Å². The predicted octanol–water partition coefficient (Wildman–Crippen LogP) is 12.3. The minimum atomic E-state index is -0.318. The van der Waals surface area contributed by atoms with Gasteiger partial charge in [0.05, 0.1) is 11.4 Å². The lowest BCUT2D eigenvalue weighted by molar-refractivity contribution is 0.175. The molecule has 0 aromatic heterocycles. The van der Waals surface area contributed by atoms with E-state index in [1.807, 2.05) is 0 Å². The van der Waals surface area contributed by atoms with Crippen LogP contribution in [0, 0.1) is 0 Å². The van der Waals surface area contributed by atoms with Gasteiger partial charge in [-0.1, -0.05) is 152 Å². The maximum Gasteiger partial charge on any atom is 0.196 e. The highest BCUT2D eigenvalue weighted by Gasteiger charge is 2.39. The van der Waals surface area contributed by atoms with E-state index in [1.165, 1.54) is 49.4 Å². The van der Waals surface area contributed by atoms with Gasteiger partial charge >= 0.3 is 0 Å². The molecule has 8 aromatic carbocycles. The Morgan fingerprint density at radius 1 is 0.460 bits per heavy atom. The van der Waals surface area contributed by atoms with E-state index in [0.29, 0.717) is 0 Å². The van der Waals surface area contributed by atoms with Crippen molar-refractivity contribution in [3.05, 3.63) is 199 Å². The van der Waals surface area contributed by atoms with Crippen molar-refractivity contribution in [2.45, 2.75) is 6.23 Å². The molecular formula is C47H32N2O. The summed E-state index contributed by atoms with van der Waals surface area (Å²) in [6, 6.07) is 64.8. The summed E-state index contributed by atoms with van der Waals surface area (Å²) in [5.74, 6) is 0.907. The fraction of sp³-hybridized carbons (Fsp3) is 0.0213. The molecule has 0 fully saturated rings. The lowest BCUT2D eigenvalue weighted by Gasteiger charge is -2.30. The molecule has 0 saturated heterocycles. The Morgan fingerprint density at radius 3 is 1.76 bits per heavy atom. The monoisotopic (exact) mass is 640 g/mol. The van der Waals surface area contributed by atoms with Crippen LogP contribution in [0.1, 0.15) is 22.9 Å². The zero-order valence-electron chi connectivity index (χ0n) is 27.3. The minimum absolute atomic E-state index is 0.318. The smallest absolute Gasteiger partial charge is 0.196 e. The van der Waals surface area contributed by atoms with Crippen molar-refractivity contribution in [3.8, 4) is 22.3 Å². The second-order valence-corrected chi connectivity index (χ2v) is 12.9. The molecule has 8 aromatic rings. The fourth-order valence-electron chi connectivity index (χ4n) is 7.76. The maximum atomic E-state index is 6.92. The first kappa shape index (κ1) is 28.4. The summed E-state index contributed by atoms with van der Waals surface area (Å²) in [5.41, 5.74) is 12.5. The number of anilines is 3. The zero-order valence-corrected chi connectivity index (χ0v) is 27.3. The van der Waals surface area contributed by atoms with Gasteiger partial charge in [0.25, 0.3) is 0 Å². The average Bonchev–Trinajstić information content (AvgIpc) is 3.77. The quantitative estimate of drug-likeness (QED) is 0.183. The second-order valence-electron chi connectivity index (χ2n) is 12.9. The summed E-state index contributed by atoms with van der Waals surface area (Å²) in [5, 5.41) is 8.74. The molecule has 2 aliphatic rings. The summed E-state index contributed by atoms with van der Waals surface area (Å²) in [6.45, 7) is 0. The van der Waals surface area contributed by atoms with Crippen LogP contribution in [-0.4, -0.2) is 0 Å². The number of hydrogen-bond acceptors (Lipinski definition) is 3. The third-order valence-electron chi connectivity index (χ3n) is 10.0. The van der Waals surface area contributed by atoms with Gasteiger partial charge in [-0.05, 0) is 63.4 Å². The number of nitrogens with one attached hydrogen (secondary N) is 1. The van der Waals surface area contributed by atoms with Crippen LogP contribution >= 0.6 is 0 Å². The lowest BCUT2D eigenvalue weighted by Crippen LogP contribution is -2.18. The summed E-state index contributed by atoms with van der Waals surface area (Å²) in [4.78, 5) is 2.42. The second kappa shape index (κ2) is 11.5. The zero-order chi connectivity index (χ0) is 33.0. The Hall–Kier alpha value is -6.58. The molecule has 3 nitrogen and oxygen atoms in total. The molecular weight excluding hydrogens is 609 g/mol. The number of fused-ring (bicyclic) bond motifs is 4. The molecule has 0 amide bonds. The first-order valence-corrected chi connectivity index (χ1v) is 17.1. The van der Waals surface area contributed by atoms with Crippen molar-refractivity contribution >= 4 is 50.1 Å². The molecule has 3 heteroatoms. The Bertz CT molecular complexity index is 2580. The molecule has 236 valence electrons. The number of nitrogens with zero attached hydrogens (tertiary/aromatic N) is 1. The minimum Gasteiger partial charge on any atom is -0.464 e. The van der Waals surface area contributed by atoms with Gasteiger partial charge in [0.15, 0.2) is 12.0 Å². The van der Waals surface area contributed by atoms with Gasteiger partial charge in [0.1, 0.15) is 0 Å². The molecule has 0 spiro atoms. The van der Waals surface area contributed by atoms with E-state index in [4.69, 9.17) is 4.74 Å². The molecule has 1 atom stereocenters. The van der Waals surface area contributed by atoms with Gasteiger partial charge in [0, 0.05) is 38.8 Å². The van der Waals surface area contributed by atoms with Crippen LogP contribution < -0.4 is 10.2 Å². The molecule has 1 aliphatic heterocycles. The largest absolute Gasteiger partial charge is 0.464 e. The molecule has 1 N–H and O–H groups in total. The van der Waals surface area contributed by atoms with Crippen LogP contribution in [-0.2, 0) is 4.74 Å². The third kappa shape index (κ3) is 4.52. The highest BCUT2D eigenvalue weighted by Crippen LogP contribution is 2.55. The van der Waals surface area contributed by atoms with Gasteiger partial charge in [0.2, 0.25) is 0 Å². The maximum absolute atomic E-state index is 6.92. The van der Waals surface area contributed by atoms with E-state index in [2.05, 4.69) is 192 Å². The van der Waals surface area contributed by atoms with Crippen LogP contribution in [0.25, 0.3) is 55.3 Å². The highest BCUT2D eigenvalue weighted by atomic mass is 16.5. The molecule has 50 heavy (non-hydrogen) atoms. The molecule has 0 radical (unpaired) electrons. The van der Waals surface area contributed by atoms with Crippen molar-refractivity contribution in [1.82, 2.24) is 5.32 Å². The number of para-hydroxylation sites is 1. The average molecular weight is 641 g/mol. The number of ether oxygens (including phenoxy) is 1. The van der Waals surface area contributed by atoms with Crippen molar-refractivity contribution in [1.29, 1.82) is 0 Å². The Labute approximate surface area is 291 Å². The van der Waals surface area contributed by atoms with Crippen molar-refractivity contribution in [2.24, 2.45) is 0 Å². The molecule has 0 saturated carbocycles. The lowest BCUT2D eigenvalue weighted by atomic mass is 9.93. The van der Waals surface area contributed by atoms with Gasteiger partial charge in [-0.2, -0.15) is 0 Å². The van der Waals surface area contributed by atoms with E-state index >= 15 is 0 Å². The Morgan fingerprint density at radius 2 is 1.02 bits per heavy atom. The Balaban J connectivity index is 1.17. The number of rotatable bonds is 6. The molecule has 1 aliphatic carbocycles. The molecule has 0 bridgehead atoms. The van der Waals surface area contributed by atoms with E-state index < -0.39 is 0 Å². The summed E-state index contributed by atoms with van der Waals surface area (Å²) in [7, 11) is 0. The highest BCUT2D eigenvalue weighted by molar-refractivity contribution is 6.26. The summed E-state index contributed by atoms with van der Waals surface area (Å²) >= 11 is 0. The first-order chi connectivity index (χ1) is 24.8. The Kier molecular flexibility index (Phi) is 6.56. The summed E-state index contributed by atoms with van der Waals surface area (Å²) < 4.78 is 6.92. The van der Waals surface area contributed by atoms with Crippen molar-refractivity contribution in [3.63, 3.8) is 0 Å². The normalized spacial score (nSPS) is 14.4. The number of benzene rings is 8. The van der Waals surface area contributed by atoms with Crippen LogP contribution in [0.2, 0.25) is 0 Å². The van der Waals surface area contributed by atoms with Gasteiger partial charge in [-0.15, -0.1) is 0 Å². The number of hydrogen-bond donors (Lipinski definition) is 1. The molecule has 1 unspecified atom stereocenters. The van der Waals surface area contributed by atoms with E-state index in [-0.39, 0.29) is 6.23 Å². The molecule has 1 heterocycles. The van der Waals surface area contributed by atoms with Crippen LogP contribution in [0.4, 0.5) is 17.1 Å². The van der Waals surface area contributed by atoms with E-state index in [1.54, 1.807) is 0 Å². The van der Waals surface area contributed by atoms with Crippen molar-refractivity contribution in [2.75, 3.05) is 4.90 Å². The van der Waals surface area contributed by atoms with E-state index in [9.17, 15) is 0 Å². The molecule has 10 rings (SSSR count). The van der Waals surface area contributed by atoms with Gasteiger partial charge in [-0.25, -0.2) is 0 Å². The van der Waals surface area contributed by atoms with Crippen molar-refractivity contribution < 1.29 is 4.74 Å². The van der Waals surface area contributed by atoms with Crippen LogP contribution in [0.3, 0.4) is 0 Å². The van der Waals surface area contributed by atoms with E-state index in [0.717, 1.165) is 39.6 Å². The van der Waals surface area contributed by atoms with Crippen LogP contribution in [0.5, 0.6) is 0 Å². The predicted molar refractivity (Wildman–Crippen MR) is 207 cm³/mol. The first-order valence-electron chi connectivity index (χ1n) is 17.1. The SMILES string of the molecule is c1ccc(-c2ccc(N(c3ccccc3)c3c4c5c(cccc5c5ccccc35)C3=C4NC(c4cccc(-c5ccccc5)c4)O3)cc2)cc1. The van der Waals surface area contributed by atoms with Gasteiger partial charge < -0.3 is 15.0 Å². The third-order valence-corrected chi connectivity index (χ3v) is 10.0.